The number of halogens is 3. The van der Waals surface area contributed by atoms with E-state index in [1.165, 1.54) is 18.2 Å². The molecule has 1 aromatic rings. The van der Waals surface area contributed by atoms with Gasteiger partial charge >= 0.3 is 12.1 Å². The van der Waals surface area contributed by atoms with Crippen LogP contribution in [-0.4, -0.2) is 11.1 Å². The van der Waals surface area contributed by atoms with E-state index in [1.807, 2.05) is 0 Å². The molecule has 0 aromatic heterocycles. The SMILES string of the molecule is CCC1(c2ccccc2C(F)(F)F)C[C@H]1C(=O)O. The number of benzene rings is 1. The molecule has 1 fully saturated rings. The molecule has 18 heavy (non-hydrogen) atoms. The molecule has 1 aromatic carbocycles. The lowest BCUT2D eigenvalue weighted by atomic mass is 9.86. The number of alkyl halides is 3. The molecular formula is C13H13F3O2. The van der Waals surface area contributed by atoms with Crippen molar-refractivity contribution in [2.75, 3.05) is 0 Å². The third-order valence-corrected chi connectivity index (χ3v) is 3.77. The van der Waals surface area contributed by atoms with Gasteiger partial charge in [0, 0.05) is 5.41 Å². The average molecular weight is 258 g/mol. The summed E-state index contributed by atoms with van der Waals surface area (Å²) in [5.74, 6) is -1.72. The Morgan fingerprint density at radius 3 is 2.50 bits per heavy atom. The number of carbonyl (C=O) groups is 1. The minimum absolute atomic E-state index is 0.118. The van der Waals surface area contributed by atoms with Crippen molar-refractivity contribution in [3.8, 4) is 0 Å². The molecule has 0 aliphatic heterocycles. The number of hydrogen-bond acceptors (Lipinski definition) is 1. The minimum Gasteiger partial charge on any atom is -0.481 e. The van der Waals surface area contributed by atoms with Crippen LogP contribution in [-0.2, 0) is 16.4 Å². The fourth-order valence-electron chi connectivity index (χ4n) is 2.67. The van der Waals surface area contributed by atoms with Crippen LogP contribution in [0.15, 0.2) is 24.3 Å². The summed E-state index contributed by atoms with van der Waals surface area (Å²) in [7, 11) is 0. The quantitative estimate of drug-likeness (QED) is 0.901. The lowest BCUT2D eigenvalue weighted by Crippen LogP contribution is -2.20. The number of rotatable bonds is 3. The molecule has 0 heterocycles. The van der Waals surface area contributed by atoms with E-state index >= 15 is 0 Å². The smallest absolute Gasteiger partial charge is 0.416 e. The van der Waals surface area contributed by atoms with Gasteiger partial charge in [-0.15, -0.1) is 0 Å². The van der Waals surface area contributed by atoms with E-state index in [2.05, 4.69) is 0 Å². The molecule has 1 aliphatic rings. The minimum atomic E-state index is -4.44. The van der Waals surface area contributed by atoms with E-state index in [1.54, 1.807) is 6.92 Å². The largest absolute Gasteiger partial charge is 0.481 e. The zero-order valence-electron chi connectivity index (χ0n) is 9.79. The number of hydrogen-bond donors (Lipinski definition) is 1. The van der Waals surface area contributed by atoms with Crippen molar-refractivity contribution in [3.05, 3.63) is 35.4 Å². The van der Waals surface area contributed by atoms with Crippen LogP contribution < -0.4 is 0 Å². The van der Waals surface area contributed by atoms with Gasteiger partial charge in [0.2, 0.25) is 0 Å². The Hall–Kier alpha value is -1.52. The standard InChI is InChI=1S/C13H13F3O2/c1-2-12(7-10(12)11(17)18)8-5-3-4-6-9(8)13(14,15)16/h3-6,10H,2,7H2,1H3,(H,17,18)/t10-,12?/m0/s1. The fourth-order valence-corrected chi connectivity index (χ4v) is 2.67. The molecule has 0 bridgehead atoms. The molecule has 0 spiro atoms. The molecule has 1 unspecified atom stereocenters. The predicted octanol–water partition coefficient (Wildman–Crippen LogP) is 3.46. The monoisotopic (exact) mass is 258 g/mol. The first kappa shape index (κ1) is 12.9. The molecule has 0 saturated heterocycles. The Morgan fingerprint density at radius 1 is 1.44 bits per heavy atom. The molecule has 1 aliphatic carbocycles. The summed E-state index contributed by atoms with van der Waals surface area (Å²) >= 11 is 0. The van der Waals surface area contributed by atoms with Gasteiger partial charge in [-0.2, -0.15) is 13.2 Å². The third kappa shape index (κ3) is 1.87. The Kier molecular flexibility index (Phi) is 2.87. The number of carboxylic acids is 1. The Balaban J connectivity index is 2.49. The summed E-state index contributed by atoms with van der Waals surface area (Å²) in [5.41, 5.74) is -1.44. The van der Waals surface area contributed by atoms with Crippen LogP contribution in [0.3, 0.4) is 0 Å². The second-order valence-electron chi connectivity index (χ2n) is 4.65. The average Bonchev–Trinajstić information content (AvgIpc) is 3.04. The third-order valence-electron chi connectivity index (χ3n) is 3.77. The molecule has 2 rings (SSSR count). The highest BCUT2D eigenvalue weighted by molar-refractivity contribution is 5.77. The van der Waals surface area contributed by atoms with Crippen molar-refractivity contribution in [2.24, 2.45) is 5.92 Å². The van der Waals surface area contributed by atoms with Crippen molar-refractivity contribution < 1.29 is 23.1 Å². The van der Waals surface area contributed by atoms with Crippen LogP contribution in [0.1, 0.15) is 30.9 Å². The van der Waals surface area contributed by atoms with E-state index in [4.69, 9.17) is 5.11 Å². The van der Waals surface area contributed by atoms with Crippen LogP contribution in [0.5, 0.6) is 0 Å². The lowest BCUT2D eigenvalue weighted by molar-refractivity contribution is -0.141. The zero-order valence-corrected chi connectivity index (χ0v) is 9.79. The Bertz CT molecular complexity index is 481. The van der Waals surface area contributed by atoms with E-state index in [9.17, 15) is 18.0 Å². The summed E-state index contributed by atoms with van der Waals surface area (Å²) in [5, 5.41) is 8.99. The summed E-state index contributed by atoms with van der Waals surface area (Å²) in [6.07, 6.45) is -3.76. The summed E-state index contributed by atoms with van der Waals surface area (Å²) < 4.78 is 38.8. The van der Waals surface area contributed by atoms with E-state index in [0.29, 0.717) is 6.42 Å². The molecule has 98 valence electrons. The first-order valence-electron chi connectivity index (χ1n) is 5.72. The van der Waals surface area contributed by atoms with Gasteiger partial charge in [0.25, 0.3) is 0 Å². The molecule has 5 heteroatoms. The molecule has 2 nitrogen and oxygen atoms in total. The van der Waals surface area contributed by atoms with E-state index < -0.39 is 29.0 Å². The van der Waals surface area contributed by atoms with Gasteiger partial charge in [-0.25, -0.2) is 0 Å². The van der Waals surface area contributed by atoms with Gasteiger partial charge in [-0.05, 0) is 24.5 Å². The second kappa shape index (κ2) is 4.00. The second-order valence-corrected chi connectivity index (χ2v) is 4.65. The molecule has 0 amide bonds. The maximum atomic E-state index is 12.9. The maximum absolute atomic E-state index is 12.9. The van der Waals surface area contributed by atoms with Crippen LogP contribution in [0.25, 0.3) is 0 Å². The summed E-state index contributed by atoms with van der Waals surface area (Å²) in [4.78, 5) is 11.0. The Morgan fingerprint density at radius 2 is 2.06 bits per heavy atom. The molecular weight excluding hydrogens is 245 g/mol. The fraction of sp³-hybridized carbons (Fsp3) is 0.462. The van der Waals surface area contributed by atoms with Gasteiger partial charge in [-0.3, -0.25) is 4.79 Å². The van der Waals surface area contributed by atoms with Gasteiger partial charge < -0.3 is 5.11 Å². The number of carboxylic acid groups (broad SMARTS) is 1. The molecule has 2 atom stereocenters. The highest BCUT2D eigenvalue weighted by Crippen LogP contribution is 2.58. The van der Waals surface area contributed by atoms with Crippen molar-refractivity contribution in [2.45, 2.75) is 31.4 Å². The molecule has 0 radical (unpaired) electrons. The van der Waals surface area contributed by atoms with Crippen molar-refractivity contribution in [3.63, 3.8) is 0 Å². The molecule has 1 saturated carbocycles. The van der Waals surface area contributed by atoms with Gasteiger partial charge in [0.15, 0.2) is 0 Å². The van der Waals surface area contributed by atoms with Crippen molar-refractivity contribution in [1.82, 2.24) is 0 Å². The van der Waals surface area contributed by atoms with Crippen molar-refractivity contribution >= 4 is 5.97 Å². The highest BCUT2D eigenvalue weighted by Gasteiger charge is 2.60. The van der Waals surface area contributed by atoms with Crippen LogP contribution >= 0.6 is 0 Å². The van der Waals surface area contributed by atoms with Crippen LogP contribution in [0.2, 0.25) is 0 Å². The van der Waals surface area contributed by atoms with Gasteiger partial charge in [-0.1, -0.05) is 25.1 Å². The lowest BCUT2D eigenvalue weighted by Gasteiger charge is -2.20. The first-order valence-corrected chi connectivity index (χ1v) is 5.72. The predicted molar refractivity (Wildman–Crippen MR) is 59.2 cm³/mol. The highest BCUT2D eigenvalue weighted by atomic mass is 19.4. The van der Waals surface area contributed by atoms with Gasteiger partial charge in [0.05, 0.1) is 11.5 Å². The normalized spacial score (nSPS) is 27.0. The topological polar surface area (TPSA) is 37.3 Å². The summed E-state index contributed by atoms with van der Waals surface area (Å²) in [6, 6.07) is 5.27. The van der Waals surface area contributed by atoms with E-state index in [0.717, 1.165) is 6.07 Å². The Labute approximate surface area is 102 Å². The summed E-state index contributed by atoms with van der Waals surface area (Å²) in [6.45, 7) is 1.73. The zero-order chi connectivity index (χ0) is 13.6. The van der Waals surface area contributed by atoms with E-state index in [-0.39, 0.29) is 12.0 Å². The van der Waals surface area contributed by atoms with Crippen LogP contribution in [0, 0.1) is 5.92 Å². The first-order chi connectivity index (χ1) is 8.33. The van der Waals surface area contributed by atoms with Crippen LogP contribution in [0.4, 0.5) is 13.2 Å². The maximum Gasteiger partial charge on any atom is 0.416 e. The van der Waals surface area contributed by atoms with Crippen molar-refractivity contribution in [1.29, 1.82) is 0 Å². The van der Waals surface area contributed by atoms with Gasteiger partial charge in [0.1, 0.15) is 0 Å². The molecule has 1 N–H and O–H groups in total. The number of aliphatic carboxylic acids is 1.